The van der Waals surface area contributed by atoms with Crippen molar-refractivity contribution >= 4 is 41.2 Å². The summed E-state index contributed by atoms with van der Waals surface area (Å²) in [6.45, 7) is 1.80. The second-order valence-corrected chi connectivity index (χ2v) is 6.41. The number of hydrogen-bond acceptors (Lipinski definition) is 5. The van der Waals surface area contributed by atoms with Gasteiger partial charge in [-0.05, 0) is 42.8 Å². The number of halogens is 1. The van der Waals surface area contributed by atoms with Gasteiger partial charge in [-0.25, -0.2) is 9.69 Å². The van der Waals surface area contributed by atoms with Gasteiger partial charge >= 0.3 is 6.03 Å². The molecule has 1 aliphatic rings. The fourth-order valence-electron chi connectivity index (χ4n) is 2.71. The Morgan fingerprint density at radius 1 is 1.04 bits per heavy atom. The number of nitrogens with one attached hydrogen (secondary N) is 1. The molecule has 0 aliphatic carbocycles. The number of benzene rings is 2. The maximum Gasteiger partial charge on any atom is 0.335 e. The predicted octanol–water partition coefficient (Wildman–Crippen LogP) is 3.33. The molecule has 1 saturated heterocycles. The van der Waals surface area contributed by atoms with Crippen molar-refractivity contribution in [3.63, 3.8) is 0 Å². The maximum absolute atomic E-state index is 12.9. The topological polar surface area (TPSA) is 84.9 Å². The highest BCUT2D eigenvalue weighted by Crippen LogP contribution is 2.29. The lowest BCUT2D eigenvalue weighted by Crippen LogP contribution is -2.54. The number of rotatable bonds is 4. The molecule has 0 radical (unpaired) electrons. The van der Waals surface area contributed by atoms with Crippen LogP contribution in [-0.2, 0) is 9.59 Å². The van der Waals surface area contributed by atoms with E-state index in [4.69, 9.17) is 21.1 Å². The molecule has 0 saturated carbocycles. The Kier molecular flexibility index (Phi) is 5.37. The second-order valence-electron chi connectivity index (χ2n) is 6.00. The molecular weight excluding hydrogens is 384 g/mol. The number of barbiturate groups is 1. The number of amides is 4. The van der Waals surface area contributed by atoms with Gasteiger partial charge in [0.1, 0.15) is 17.1 Å². The Morgan fingerprint density at radius 3 is 2.43 bits per heavy atom. The van der Waals surface area contributed by atoms with Crippen LogP contribution < -0.4 is 19.7 Å². The third-order valence-corrected chi connectivity index (χ3v) is 4.66. The van der Waals surface area contributed by atoms with Crippen LogP contribution in [0.1, 0.15) is 11.1 Å². The first-order valence-electron chi connectivity index (χ1n) is 8.25. The molecule has 0 spiro atoms. The highest BCUT2D eigenvalue weighted by atomic mass is 35.5. The molecule has 1 fully saturated rings. The molecule has 3 rings (SSSR count). The fraction of sp³-hybridized carbons (Fsp3) is 0.150. The molecule has 2 aromatic carbocycles. The summed E-state index contributed by atoms with van der Waals surface area (Å²) in [5, 5.41) is 2.57. The quantitative estimate of drug-likeness (QED) is 0.628. The Bertz CT molecular complexity index is 1020. The minimum Gasteiger partial charge on any atom is -0.497 e. The maximum atomic E-state index is 12.9. The SMILES string of the molecule is COc1ccc(/C=C2/C(=O)NC(=O)N(c3ccc(C)c(Cl)c3)C2=O)c(OC)c1. The van der Waals surface area contributed by atoms with E-state index in [-0.39, 0.29) is 11.3 Å². The number of methoxy groups -OCH3 is 2. The van der Waals surface area contributed by atoms with Crippen molar-refractivity contribution in [2.45, 2.75) is 6.92 Å². The number of imide groups is 2. The standard InChI is InChI=1S/C20H17ClN2O5/c1-11-4-6-13(9-16(11)21)23-19(25)15(18(24)22-20(23)26)8-12-5-7-14(27-2)10-17(12)28-3/h4-10H,1-3H3,(H,22,24,26)/b15-8-. The van der Waals surface area contributed by atoms with Gasteiger partial charge in [0.2, 0.25) is 0 Å². The van der Waals surface area contributed by atoms with Gasteiger partial charge in [-0.15, -0.1) is 0 Å². The van der Waals surface area contributed by atoms with Gasteiger partial charge in [-0.2, -0.15) is 0 Å². The first-order valence-corrected chi connectivity index (χ1v) is 8.63. The van der Waals surface area contributed by atoms with Crippen LogP contribution in [0.3, 0.4) is 0 Å². The lowest BCUT2D eigenvalue weighted by atomic mass is 10.1. The molecule has 144 valence electrons. The van der Waals surface area contributed by atoms with Gasteiger partial charge in [-0.3, -0.25) is 14.9 Å². The summed E-state index contributed by atoms with van der Waals surface area (Å²) in [6.07, 6.45) is 1.37. The van der Waals surface area contributed by atoms with Crippen LogP contribution in [0.15, 0.2) is 42.0 Å². The Morgan fingerprint density at radius 2 is 1.79 bits per heavy atom. The highest BCUT2D eigenvalue weighted by molar-refractivity contribution is 6.39. The molecule has 1 aliphatic heterocycles. The average Bonchev–Trinajstić information content (AvgIpc) is 2.67. The van der Waals surface area contributed by atoms with E-state index in [2.05, 4.69) is 5.32 Å². The minimum atomic E-state index is -0.839. The summed E-state index contributed by atoms with van der Waals surface area (Å²) in [4.78, 5) is 38.4. The van der Waals surface area contributed by atoms with Gasteiger partial charge in [0.05, 0.1) is 19.9 Å². The summed E-state index contributed by atoms with van der Waals surface area (Å²) >= 11 is 6.11. The molecule has 1 N–H and O–H groups in total. The van der Waals surface area contributed by atoms with E-state index in [1.165, 1.54) is 26.4 Å². The van der Waals surface area contributed by atoms with E-state index >= 15 is 0 Å². The molecule has 0 unspecified atom stereocenters. The molecule has 2 aromatic rings. The van der Waals surface area contributed by atoms with Gasteiger partial charge in [0, 0.05) is 16.7 Å². The molecule has 0 aromatic heterocycles. The lowest BCUT2D eigenvalue weighted by molar-refractivity contribution is -0.122. The van der Waals surface area contributed by atoms with Crippen LogP contribution in [0.2, 0.25) is 5.02 Å². The number of hydrogen-bond donors (Lipinski definition) is 1. The zero-order chi connectivity index (χ0) is 20.4. The third kappa shape index (κ3) is 3.57. The molecule has 1 heterocycles. The van der Waals surface area contributed by atoms with Crippen LogP contribution in [0.4, 0.5) is 10.5 Å². The van der Waals surface area contributed by atoms with Gasteiger partial charge in [0.25, 0.3) is 11.8 Å². The summed E-state index contributed by atoms with van der Waals surface area (Å²) in [5.74, 6) is -0.576. The zero-order valence-electron chi connectivity index (χ0n) is 15.4. The van der Waals surface area contributed by atoms with E-state index in [1.807, 2.05) is 0 Å². The van der Waals surface area contributed by atoms with Crippen LogP contribution in [0, 0.1) is 6.92 Å². The average molecular weight is 401 g/mol. The number of urea groups is 1. The number of anilines is 1. The molecule has 28 heavy (non-hydrogen) atoms. The first-order chi connectivity index (χ1) is 13.3. The lowest BCUT2D eigenvalue weighted by Gasteiger charge is -2.26. The Balaban J connectivity index is 2.05. The predicted molar refractivity (Wildman–Crippen MR) is 105 cm³/mol. The van der Waals surface area contributed by atoms with Crippen molar-refractivity contribution in [2.75, 3.05) is 19.1 Å². The van der Waals surface area contributed by atoms with E-state index in [9.17, 15) is 14.4 Å². The number of carbonyl (C=O) groups excluding carboxylic acids is 3. The third-order valence-electron chi connectivity index (χ3n) is 4.26. The van der Waals surface area contributed by atoms with Crippen molar-refractivity contribution in [1.82, 2.24) is 5.32 Å². The summed E-state index contributed by atoms with van der Waals surface area (Å²) in [7, 11) is 2.98. The number of aryl methyl sites for hydroxylation is 1. The summed E-state index contributed by atoms with van der Waals surface area (Å²) < 4.78 is 10.4. The molecule has 7 nitrogen and oxygen atoms in total. The van der Waals surface area contributed by atoms with Crippen molar-refractivity contribution in [1.29, 1.82) is 0 Å². The summed E-state index contributed by atoms with van der Waals surface area (Å²) in [6, 6.07) is 8.87. The number of ether oxygens (including phenoxy) is 2. The van der Waals surface area contributed by atoms with Gasteiger partial charge in [-0.1, -0.05) is 17.7 Å². The Hall–Kier alpha value is -3.32. The fourth-order valence-corrected chi connectivity index (χ4v) is 2.88. The number of carbonyl (C=O) groups is 3. The van der Waals surface area contributed by atoms with Crippen LogP contribution >= 0.6 is 11.6 Å². The van der Waals surface area contributed by atoms with Crippen LogP contribution in [0.25, 0.3) is 6.08 Å². The largest absolute Gasteiger partial charge is 0.497 e. The van der Waals surface area contributed by atoms with E-state index in [1.54, 1.807) is 37.3 Å². The minimum absolute atomic E-state index is 0.209. The molecule has 4 amide bonds. The van der Waals surface area contributed by atoms with E-state index in [0.717, 1.165) is 10.5 Å². The van der Waals surface area contributed by atoms with Crippen molar-refractivity contribution in [2.24, 2.45) is 0 Å². The van der Waals surface area contributed by atoms with Crippen molar-refractivity contribution in [3.05, 3.63) is 58.1 Å². The monoisotopic (exact) mass is 400 g/mol. The Labute approximate surface area is 166 Å². The highest BCUT2D eigenvalue weighted by Gasteiger charge is 2.37. The zero-order valence-corrected chi connectivity index (χ0v) is 16.2. The second kappa shape index (κ2) is 7.74. The first kappa shape index (κ1) is 19.4. The smallest absolute Gasteiger partial charge is 0.335 e. The van der Waals surface area contributed by atoms with Crippen molar-refractivity contribution < 1.29 is 23.9 Å². The van der Waals surface area contributed by atoms with E-state index < -0.39 is 17.8 Å². The molecule has 8 heteroatoms. The van der Waals surface area contributed by atoms with Gasteiger partial charge in [0.15, 0.2) is 0 Å². The molecular formula is C20H17ClN2O5. The van der Waals surface area contributed by atoms with Crippen molar-refractivity contribution in [3.8, 4) is 11.5 Å². The molecule has 0 bridgehead atoms. The van der Waals surface area contributed by atoms with Gasteiger partial charge < -0.3 is 9.47 Å². The normalized spacial score (nSPS) is 15.6. The summed E-state index contributed by atoms with van der Waals surface area (Å²) in [5.41, 5.74) is 1.33. The van der Waals surface area contributed by atoms with Crippen LogP contribution in [-0.4, -0.2) is 32.1 Å². The molecule has 0 atom stereocenters. The number of nitrogens with zero attached hydrogens (tertiary/aromatic N) is 1. The van der Waals surface area contributed by atoms with Crippen LogP contribution in [0.5, 0.6) is 11.5 Å². The van der Waals surface area contributed by atoms with E-state index in [0.29, 0.717) is 22.1 Å².